The van der Waals surface area contributed by atoms with Crippen LogP contribution in [-0.2, 0) is 4.79 Å². The number of amides is 1. The maximum atomic E-state index is 12.9. The van der Waals surface area contributed by atoms with Gasteiger partial charge in [0.05, 0.1) is 12.5 Å². The van der Waals surface area contributed by atoms with Gasteiger partial charge in [-0.1, -0.05) is 30.0 Å². The van der Waals surface area contributed by atoms with Crippen molar-refractivity contribution in [2.45, 2.75) is 29.7 Å². The number of hydrogen-bond donors (Lipinski definition) is 1. The molecule has 4 rings (SSSR count). The number of ether oxygens (including phenoxy) is 1. The molecule has 1 saturated heterocycles. The van der Waals surface area contributed by atoms with E-state index in [-0.39, 0.29) is 11.8 Å². The van der Waals surface area contributed by atoms with Gasteiger partial charge in [-0.2, -0.15) is 0 Å². The van der Waals surface area contributed by atoms with Gasteiger partial charge < -0.3 is 15.0 Å². The molecular weight excluding hydrogens is 408 g/mol. The third-order valence-corrected chi connectivity index (χ3v) is 6.12. The average Bonchev–Trinajstić information content (AvgIpc) is 2.82. The number of aromatic nitrogens is 2. The molecule has 1 aromatic heterocycles. The van der Waals surface area contributed by atoms with Gasteiger partial charge >= 0.3 is 0 Å². The zero-order valence-corrected chi connectivity index (χ0v) is 18.3. The highest BCUT2D eigenvalue weighted by Gasteiger charge is 2.28. The molecule has 0 saturated carbocycles. The molecule has 0 spiro atoms. The SMILES string of the molecule is CCOc1ccc(NC(=O)[C@@H]2CCCN(c3nccnc3Sc3ccccc3)C2)cc1. The van der Waals surface area contributed by atoms with E-state index in [9.17, 15) is 4.79 Å². The minimum absolute atomic E-state index is 0.0370. The van der Waals surface area contributed by atoms with Crippen molar-refractivity contribution in [3.05, 3.63) is 67.0 Å². The molecule has 1 aliphatic heterocycles. The summed E-state index contributed by atoms with van der Waals surface area (Å²) in [7, 11) is 0. The first-order valence-corrected chi connectivity index (χ1v) is 11.4. The minimum atomic E-state index is -0.100. The van der Waals surface area contributed by atoms with Crippen LogP contribution >= 0.6 is 11.8 Å². The van der Waals surface area contributed by atoms with Crippen molar-refractivity contribution in [3.8, 4) is 5.75 Å². The second kappa shape index (κ2) is 10.3. The Bertz CT molecular complexity index is 998. The largest absolute Gasteiger partial charge is 0.494 e. The minimum Gasteiger partial charge on any atom is -0.494 e. The van der Waals surface area contributed by atoms with Gasteiger partial charge in [-0.25, -0.2) is 9.97 Å². The van der Waals surface area contributed by atoms with Gasteiger partial charge in [0, 0.05) is 36.1 Å². The van der Waals surface area contributed by atoms with E-state index in [4.69, 9.17) is 4.74 Å². The molecule has 160 valence electrons. The van der Waals surface area contributed by atoms with Crippen LogP contribution in [0.3, 0.4) is 0 Å². The lowest BCUT2D eigenvalue weighted by Crippen LogP contribution is -2.41. The summed E-state index contributed by atoms with van der Waals surface area (Å²) >= 11 is 1.60. The van der Waals surface area contributed by atoms with Crippen LogP contribution in [0.4, 0.5) is 11.5 Å². The molecule has 0 radical (unpaired) electrons. The molecule has 6 nitrogen and oxygen atoms in total. The number of nitrogens with zero attached hydrogens (tertiary/aromatic N) is 3. The highest BCUT2D eigenvalue weighted by molar-refractivity contribution is 7.99. The number of anilines is 2. The number of hydrogen-bond acceptors (Lipinski definition) is 6. The van der Waals surface area contributed by atoms with Gasteiger partial charge in [-0.15, -0.1) is 0 Å². The number of nitrogens with one attached hydrogen (secondary N) is 1. The van der Waals surface area contributed by atoms with Crippen LogP contribution in [0.5, 0.6) is 5.75 Å². The summed E-state index contributed by atoms with van der Waals surface area (Å²) in [6.45, 7) is 4.07. The predicted molar refractivity (Wildman–Crippen MR) is 124 cm³/mol. The molecule has 31 heavy (non-hydrogen) atoms. The van der Waals surface area contributed by atoms with Crippen molar-refractivity contribution in [1.29, 1.82) is 0 Å². The third kappa shape index (κ3) is 5.55. The van der Waals surface area contributed by atoms with Crippen molar-refractivity contribution in [2.75, 3.05) is 29.9 Å². The second-order valence-corrected chi connectivity index (χ2v) is 8.39. The van der Waals surface area contributed by atoms with E-state index in [1.165, 1.54) is 0 Å². The zero-order chi connectivity index (χ0) is 21.5. The maximum Gasteiger partial charge on any atom is 0.229 e. The van der Waals surface area contributed by atoms with Gasteiger partial charge in [-0.05, 0) is 56.2 Å². The first-order chi connectivity index (χ1) is 15.2. The molecule has 3 aromatic rings. The van der Waals surface area contributed by atoms with Crippen LogP contribution in [-0.4, -0.2) is 35.6 Å². The van der Waals surface area contributed by atoms with Crippen molar-refractivity contribution in [1.82, 2.24) is 9.97 Å². The summed E-state index contributed by atoms with van der Waals surface area (Å²) < 4.78 is 5.46. The van der Waals surface area contributed by atoms with Crippen molar-refractivity contribution in [2.24, 2.45) is 5.92 Å². The topological polar surface area (TPSA) is 67.3 Å². The van der Waals surface area contributed by atoms with Crippen LogP contribution in [0.1, 0.15) is 19.8 Å². The van der Waals surface area contributed by atoms with Gasteiger partial charge in [0.15, 0.2) is 5.82 Å². The highest BCUT2D eigenvalue weighted by atomic mass is 32.2. The first-order valence-electron chi connectivity index (χ1n) is 10.6. The van der Waals surface area contributed by atoms with E-state index >= 15 is 0 Å². The Kier molecular flexibility index (Phi) is 7.04. The monoisotopic (exact) mass is 434 g/mol. The Morgan fingerprint density at radius 3 is 2.68 bits per heavy atom. The Hall–Kier alpha value is -3.06. The fourth-order valence-corrected chi connectivity index (χ4v) is 4.54. The van der Waals surface area contributed by atoms with Crippen molar-refractivity contribution >= 4 is 29.2 Å². The maximum absolute atomic E-state index is 12.9. The molecule has 0 bridgehead atoms. The Morgan fingerprint density at radius 2 is 1.90 bits per heavy atom. The molecule has 0 aliphatic carbocycles. The Morgan fingerprint density at radius 1 is 1.13 bits per heavy atom. The van der Waals surface area contributed by atoms with E-state index < -0.39 is 0 Å². The van der Waals surface area contributed by atoms with E-state index in [2.05, 4.69) is 32.3 Å². The van der Waals surface area contributed by atoms with Crippen LogP contribution in [0, 0.1) is 5.92 Å². The highest BCUT2D eigenvalue weighted by Crippen LogP contribution is 2.34. The van der Waals surface area contributed by atoms with Gasteiger partial charge in [0.1, 0.15) is 10.8 Å². The molecule has 2 heterocycles. The normalized spacial score (nSPS) is 16.0. The molecule has 1 fully saturated rings. The van der Waals surface area contributed by atoms with E-state index in [0.717, 1.165) is 46.6 Å². The summed E-state index contributed by atoms with van der Waals surface area (Å²) in [5.74, 6) is 1.58. The lowest BCUT2D eigenvalue weighted by Gasteiger charge is -2.33. The van der Waals surface area contributed by atoms with E-state index in [1.54, 1.807) is 24.2 Å². The molecule has 1 amide bonds. The lowest BCUT2D eigenvalue weighted by atomic mass is 9.97. The lowest BCUT2D eigenvalue weighted by molar-refractivity contribution is -0.120. The van der Waals surface area contributed by atoms with E-state index in [1.807, 2.05) is 49.4 Å². The van der Waals surface area contributed by atoms with Crippen molar-refractivity contribution < 1.29 is 9.53 Å². The van der Waals surface area contributed by atoms with Crippen LogP contribution in [0.15, 0.2) is 76.9 Å². The van der Waals surface area contributed by atoms with Crippen LogP contribution in [0.25, 0.3) is 0 Å². The number of piperidine rings is 1. The zero-order valence-electron chi connectivity index (χ0n) is 17.5. The molecule has 0 unspecified atom stereocenters. The van der Waals surface area contributed by atoms with Gasteiger partial charge in [0.25, 0.3) is 0 Å². The fourth-order valence-electron chi connectivity index (χ4n) is 3.64. The van der Waals surface area contributed by atoms with Gasteiger partial charge in [0.2, 0.25) is 5.91 Å². The summed E-state index contributed by atoms with van der Waals surface area (Å²) in [6, 6.07) is 17.7. The second-order valence-electron chi connectivity index (χ2n) is 7.33. The standard InChI is InChI=1S/C24H26N4O2S/c1-2-30-20-12-10-19(11-13-20)27-23(29)18-7-6-16-28(17-18)22-24(26-15-14-25-22)31-21-8-4-3-5-9-21/h3-5,8-15,18H,2,6-7,16-17H2,1H3,(H,27,29)/t18-/m1/s1. The average molecular weight is 435 g/mol. The van der Waals surface area contributed by atoms with E-state index in [0.29, 0.717) is 13.2 Å². The molecule has 7 heteroatoms. The number of carbonyl (C=O) groups excluding carboxylic acids is 1. The molecule has 1 atom stereocenters. The Labute approximate surface area is 187 Å². The molecular formula is C24H26N4O2S. The summed E-state index contributed by atoms with van der Waals surface area (Å²) in [6.07, 6.45) is 5.23. The summed E-state index contributed by atoms with van der Waals surface area (Å²) in [5, 5.41) is 3.91. The smallest absolute Gasteiger partial charge is 0.229 e. The van der Waals surface area contributed by atoms with Crippen LogP contribution in [0.2, 0.25) is 0 Å². The van der Waals surface area contributed by atoms with Gasteiger partial charge in [-0.3, -0.25) is 4.79 Å². The van der Waals surface area contributed by atoms with Crippen LogP contribution < -0.4 is 15.0 Å². The molecule has 2 aromatic carbocycles. The quantitative estimate of drug-likeness (QED) is 0.572. The molecule has 1 aliphatic rings. The number of rotatable bonds is 7. The number of carbonyl (C=O) groups is 1. The fraction of sp³-hybridized carbons (Fsp3) is 0.292. The number of benzene rings is 2. The first kappa shape index (κ1) is 21.2. The summed E-state index contributed by atoms with van der Waals surface area (Å²) in [4.78, 5) is 25.4. The molecule has 1 N–H and O–H groups in total. The van der Waals surface area contributed by atoms with Crippen molar-refractivity contribution in [3.63, 3.8) is 0 Å². The predicted octanol–water partition coefficient (Wildman–Crippen LogP) is 4.88. The Balaban J connectivity index is 1.43. The third-order valence-electron chi connectivity index (χ3n) is 5.13. The summed E-state index contributed by atoms with van der Waals surface area (Å²) in [5.41, 5.74) is 0.783.